The van der Waals surface area contributed by atoms with Crippen LogP contribution in [0.1, 0.15) is 23.2 Å². The molecule has 0 atom stereocenters. The molecule has 1 amide bonds. The lowest BCUT2D eigenvalue weighted by atomic mass is 10.1. The fourth-order valence-corrected chi connectivity index (χ4v) is 1.78. The molecule has 7 nitrogen and oxygen atoms in total. The Hall–Kier alpha value is -1.86. The Labute approximate surface area is 121 Å². The minimum absolute atomic E-state index is 0.0104. The maximum absolute atomic E-state index is 11.9. The lowest BCUT2D eigenvalue weighted by Gasteiger charge is -2.07. The third kappa shape index (κ3) is 4.36. The lowest BCUT2D eigenvalue weighted by molar-refractivity contribution is -0.383. The number of rotatable bonds is 7. The van der Waals surface area contributed by atoms with Crippen molar-refractivity contribution in [3.05, 3.63) is 32.8 Å². The zero-order valence-electron chi connectivity index (χ0n) is 11.0. The second kappa shape index (κ2) is 7.66. The quantitative estimate of drug-likeness (QED) is 0.346. The van der Waals surface area contributed by atoms with E-state index in [9.17, 15) is 14.9 Å². The number of methoxy groups -OCH3 is 1. The lowest BCUT2D eigenvalue weighted by Crippen LogP contribution is -2.24. The Balaban J connectivity index is 2.71. The van der Waals surface area contributed by atoms with Crippen LogP contribution in [-0.4, -0.2) is 31.1 Å². The molecular formula is C12H16ClN3O4. The van der Waals surface area contributed by atoms with Gasteiger partial charge in [0.15, 0.2) is 0 Å². The minimum atomic E-state index is -0.670. The first-order valence-corrected chi connectivity index (χ1v) is 6.35. The summed E-state index contributed by atoms with van der Waals surface area (Å²) in [5.41, 5.74) is 5.08. The van der Waals surface area contributed by atoms with Crippen molar-refractivity contribution in [2.45, 2.75) is 12.8 Å². The maximum atomic E-state index is 11.9. The van der Waals surface area contributed by atoms with Gasteiger partial charge in [0.05, 0.1) is 9.95 Å². The number of ether oxygens (including phenoxy) is 1. The molecule has 0 heterocycles. The molecule has 3 N–H and O–H groups in total. The van der Waals surface area contributed by atoms with Crippen molar-refractivity contribution in [1.82, 2.24) is 5.32 Å². The van der Waals surface area contributed by atoms with Gasteiger partial charge in [0.2, 0.25) is 0 Å². The van der Waals surface area contributed by atoms with Gasteiger partial charge >= 0.3 is 0 Å². The normalized spacial score (nSPS) is 10.3. The molecule has 0 aliphatic carbocycles. The first-order chi connectivity index (χ1) is 9.47. The molecule has 0 fully saturated rings. The van der Waals surface area contributed by atoms with Gasteiger partial charge in [0.25, 0.3) is 11.6 Å². The monoisotopic (exact) mass is 301 g/mol. The number of carbonyl (C=O) groups excluding carboxylic acids is 1. The highest BCUT2D eigenvalue weighted by molar-refractivity contribution is 6.34. The van der Waals surface area contributed by atoms with Crippen molar-refractivity contribution >= 4 is 28.9 Å². The SMILES string of the molecule is COCCCCNC(=O)c1cc(Cl)c(N)c([N+](=O)[O-])c1. The number of hydrogen-bond donors (Lipinski definition) is 2. The van der Waals surface area contributed by atoms with E-state index < -0.39 is 10.8 Å². The zero-order chi connectivity index (χ0) is 15.1. The molecule has 1 aromatic carbocycles. The predicted octanol–water partition coefficient (Wildman–Crippen LogP) is 1.99. The first kappa shape index (κ1) is 16.2. The number of nitrogen functional groups attached to an aromatic ring is 1. The topological polar surface area (TPSA) is 107 Å². The standard InChI is InChI=1S/C12H16ClN3O4/c1-20-5-3-2-4-15-12(17)8-6-9(13)11(14)10(7-8)16(18)19/h6-7H,2-5,14H2,1H3,(H,15,17). The first-order valence-electron chi connectivity index (χ1n) is 5.98. The van der Waals surface area contributed by atoms with Crippen LogP contribution in [-0.2, 0) is 4.74 Å². The molecule has 0 saturated heterocycles. The van der Waals surface area contributed by atoms with Crippen molar-refractivity contribution in [1.29, 1.82) is 0 Å². The van der Waals surface area contributed by atoms with E-state index in [1.54, 1.807) is 7.11 Å². The van der Waals surface area contributed by atoms with Crippen molar-refractivity contribution < 1.29 is 14.5 Å². The summed E-state index contributed by atoms with van der Waals surface area (Å²) < 4.78 is 4.89. The highest BCUT2D eigenvalue weighted by Crippen LogP contribution is 2.30. The Kier molecular flexibility index (Phi) is 6.20. The molecule has 8 heteroatoms. The van der Waals surface area contributed by atoms with Crippen LogP contribution in [0.2, 0.25) is 5.02 Å². The fraction of sp³-hybridized carbons (Fsp3) is 0.417. The summed E-state index contributed by atoms with van der Waals surface area (Å²) in [7, 11) is 1.61. The van der Waals surface area contributed by atoms with E-state index in [-0.39, 0.29) is 22.0 Å². The number of nitrogens with zero attached hydrogens (tertiary/aromatic N) is 1. The molecule has 0 bridgehead atoms. The highest BCUT2D eigenvalue weighted by atomic mass is 35.5. The van der Waals surface area contributed by atoms with Gasteiger partial charge in [-0.1, -0.05) is 11.6 Å². The molecule has 1 rings (SSSR count). The van der Waals surface area contributed by atoms with Gasteiger partial charge in [0, 0.05) is 31.9 Å². The Morgan fingerprint density at radius 2 is 2.20 bits per heavy atom. The van der Waals surface area contributed by atoms with E-state index >= 15 is 0 Å². The van der Waals surface area contributed by atoms with Gasteiger partial charge in [-0.3, -0.25) is 14.9 Å². The summed E-state index contributed by atoms with van der Waals surface area (Å²) in [6, 6.07) is 2.43. The number of anilines is 1. The molecule has 0 spiro atoms. The van der Waals surface area contributed by atoms with Crippen molar-refractivity contribution in [3.63, 3.8) is 0 Å². The maximum Gasteiger partial charge on any atom is 0.294 e. The number of halogens is 1. The second-order valence-corrected chi connectivity index (χ2v) is 4.51. The van der Waals surface area contributed by atoms with Crippen LogP contribution in [0.3, 0.4) is 0 Å². The smallest absolute Gasteiger partial charge is 0.294 e. The van der Waals surface area contributed by atoms with Crippen LogP contribution < -0.4 is 11.1 Å². The molecule has 0 aliphatic heterocycles. The van der Waals surface area contributed by atoms with E-state index in [1.807, 2.05) is 0 Å². The zero-order valence-corrected chi connectivity index (χ0v) is 11.8. The molecule has 0 aliphatic rings. The number of unbranched alkanes of at least 4 members (excludes halogenated alkanes) is 1. The molecule has 0 saturated carbocycles. The average molecular weight is 302 g/mol. The third-order valence-electron chi connectivity index (χ3n) is 2.63. The van der Waals surface area contributed by atoms with Crippen molar-refractivity contribution in [3.8, 4) is 0 Å². The van der Waals surface area contributed by atoms with Gasteiger partial charge in [-0.05, 0) is 18.9 Å². The number of carbonyl (C=O) groups is 1. The Bertz CT molecular complexity index is 508. The summed E-state index contributed by atoms with van der Waals surface area (Å²) in [5, 5.41) is 13.4. The largest absolute Gasteiger partial charge is 0.392 e. The van der Waals surface area contributed by atoms with Gasteiger partial charge < -0.3 is 15.8 Å². The molecule has 110 valence electrons. The summed E-state index contributed by atoms with van der Waals surface area (Å²) in [6.07, 6.45) is 1.57. The average Bonchev–Trinajstić information content (AvgIpc) is 2.40. The number of benzene rings is 1. The number of nitro benzene ring substituents is 1. The second-order valence-electron chi connectivity index (χ2n) is 4.10. The summed E-state index contributed by atoms with van der Waals surface area (Å²) in [5.74, 6) is -0.424. The van der Waals surface area contributed by atoms with E-state index in [2.05, 4.69) is 5.32 Å². The number of amides is 1. The summed E-state index contributed by atoms with van der Waals surface area (Å²) in [4.78, 5) is 22.0. The van der Waals surface area contributed by atoms with Crippen molar-refractivity contribution in [2.24, 2.45) is 0 Å². The van der Waals surface area contributed by atoms with E-state index in [4.69, 9.17) is 22.1 Å². The van der Waals surface area contributed by atoms with E-state index in [0.717, 1.165) is 18.9 Å². The fourth-order valence-electron chi connectivity index (χ4n) is 1.56. The van der Waals surface area contributed by atoms with Crippen LogP contribution in [0.25, 0.3) is 0 Å². The molecule has 0 unspecified atom stereocenters. The minimum Gasteiger partial charge on any atom is -0.392 e. The Morgan fingerprint density at radius 1 is 1.50 bits per heavy atom. The van der Waals surface area contributed by atoms with Gasteiger partial charge in [0.1, 0.15) is 5.69 Å². The van der Waals surface area contributed by atoms with E-state index in [0.29, 0.717) is 13.2 Å². The molecule has 20 heavy (non-hydrogen) atoms. The number of nitro groups is 1. The van der Waals surface area contributed by atoms with Crippen LogP contribution in [0.15, 0.2) is 12.1 Å². The number of hydrogen-bond acceptors (Lipinski definition) is 5. The van der Waals surface area contributed by atoms with Crippen LogP contribution in [0.5, 0.6) is 0 Å². The number of nitrogens with two attached hydrogens (primary N) is 1. The van der Waals surface area contributed by atoms with Gasteiger partial charge in [-0.15, -0.1) is 0 Å². The van der Waals surface area contributed by atoms with Crippen molar-refractivity contribution in [2.75, 3.05) is 26.0 Å². The predicted molar refractivity (Wildman–Crippen MR) is 76.0 cm³/mol. The molecule has 0 radical (unpaired) electrons. The molecule has 1 aromatic rings. The van der Waals surface area contributed by atoms with E-state index in [1.165, 1.54) is 6.07 Å². The number of nitrogens with one attached hydrogen (secondary N) is 1. The van der Waals surface area contributed by atoms with Crippen LogP contribution >= 0.6 is 11.6 Å². The molecular weight excluding hydrogens is 286 g/mol. The van der Waals surface area contributed by atoms with Gasteiger partial charge in [-0.25, -0.2) is 0 Å². The van der Waals surface area contributed by atoms with Crippen LogP contribution in [0, 0.1) is 10.1 Å². The van der Waals surface area contributed by atoms with Crippen LogP contribution in [0.4, 0.5) is 11.4 Å². The van der Waals surface area contributed by atoms with Gasteiger partial charge in [-0.2, -0.15) is 0 Å². The summed E-state index contributed by atoms with van der Waals surface area (Å²) in [6.45, 7) is 1.08. The highest BCUT2D eigenvalue weighted by Gasteiger charge is 2.19. The Morgan fingerprint density at radius 3 is 2.80 bits per heavy atom. The molecule has 0 aromatic heterocycles. The summed E-state index contributed by atoms with van der Waals surface area (Å²) >= 11 is 5.78. The third-order valence-corrected chi connectivity index (χ3v) is 2.94.